The van der Waals surface area contributed by atoms with Crippen molar-refractivity contribution < 1.29 is 4.74 Å². The molecule has 1 aromatic heterocycles. The zero-order chi connectivity index (χ0) is 13.4. The third kappa shape index (κ3) is 2.53. The lowest BCUT2D eigenvalue weighted by Crippen LogP contribution is -2.41. The highest BCUT2D eigenvalue weighted by molar-refractivity contribution is 6.35. The van der Waals surface area contributed by atoms with Crippen LogP contribution < -0.4 is 4.90 Å². The Hall–Kier alpha value is -1.32. The van der Waals surface area contributed by atoms with Crippen molar-refractivity contribution in [1.82, 2.24) is 4.98 Å². The smallest absolute Gasteiger partial charge is 0.0722 e. The number of nitrogens with zero attached hydrogens (tertiary/aromatic N) is 2. The molecule has 0 N–H and O–H groups in total. The highest BCUT2D eigenvalue weighted by Crippen LogP contribution is 2.28. The quantitative estimate of drug-likeness (QED) is 0.798. The number of pyridine rings is 1. The minimum atomic E-state index is 0.274. The van der Waals surface area contributed by atoms with Gasteiger partial charge in [0.2, 0.25) is 0 Å². The fraction of sp³-hybridized carbons (Fsp3) is 0.400. The summed E-state index contributed by atoms with van der Waals surface area (Å²) in [5.41, 5.74) is 3.09. The van der Waals surface area contributed by atoms with Gasteiger partial charge in [-0.25, -0.2) is 0 Å². The van der Waals surface area contributed by atoms with Crippen LogP contribution in [-0.4, -0.2) is 30.8 Å². The number of rotatable bonds is 1. The molecule has 1 atom stereocenters. The number of benzene rings is 1. The van der Waals surface area contributed by atoms with Crippen LogP contribution in [0.5, 0.6) is 0 Å². The molecule has 1 aliphatic heterocycles. The average molecular weight is 277 g/mol. The molecular weight excluding hydrogens is 260 g/mol. The predicted octanol–water partition coefficient (Wildman–Crippen LogP) is 3.42. The van der Waals surface area contributed by atoms with Crippen molar-refractivity contribution in [3.05, 3.63) is 35.0 Å². The van der Waals surface area contributed by atoms with Crippen molar-refractivity contribution in [3.8, 4) is 0 Å². The monoisotopic (exact) mass is 276 g/mol. The fourth-order valence-electron chi connectivity index (χ4n) is 2.55. The van der Waals surface area contributed by atoms with Gasteiger partial charge in [-0.1, -0.05) is 11.6 Å². The van der Waals surface area contributed by atoms with Gasteiger partial charge < -0.3 is 9.64 Å². The van der Waals surface area contributed by atoms with Crippen LogP contribution in [0.3, 0.4) is 0 Å². The molecule has 1 unspecified atom stereocenters. The molecule has 0 aliphatic carbocycles. The first-order valence-corrected chi connectivity index (χ1v) is 6.95. The molecule has 1 aromatic carbocycles. The molecule has 0 bridgehead atoms. The SMILES string of the molecule is Cc1cc(Cl)c2cc(N3CCOC(C)C3)ccc2n1. The molecule has 0 saturated carbocycles. The Kier molecular flexibility index (Phi) is 3.33. The number of morpholine rings is 1. The van der Waals surface area contributed by atoms with Gasteiger partial charge in [-0.3, -0.25) is 4.98 Å². The summed E-state index contributed by atoms with van der Waals surface area (Å²) in [5.74, 6) is 0. The molecular formula is C15H17ClN2O. The summed E-state index contributed by atoms with van der Waals surface area (Å²) in [6.45, 7) is 6.68. The van der Waals surface area contributed by atoms with E-state index in [-0.39, 0.29) is 6.10 Å². The Morgan fingerprint density at radius 1 is 1.37 bits per heavy atom. The molecule has 19 heavy (non-hydrogen) atoms. The van der Waals surface area contributed by atoms with Crippen LogP contribution >= 0.6 is 11.6 Å². The molecule has 4 heteroatoms. The third-order valence-corrected chi connectivity index (χ3v) is 3.79. The minimum absolute atomic E-state index is 0.274. The maximum absolute atomic E-state index is 6.32. The number of fused-ring (bicyclic) bond motifs is 1. The van der Waals surface area contributed by atoms with E-state index in [2.05, 4.69) is 28.9 Å². The molecule has 2 heterocycles. The van der Waals surface area contributed by atoms with Crippen LogP contribution in [0, 0.1) is 6.92 Å². The van der Waals surface area contributed by atoms with Crippen molar-refractivity contribution >= 4 is 28.2 Å². The standard InChI is InChI=1S/C15H17ClN2O/c1-10-7-14(16)13-8-12(3-4-15(13)17-10)18-5-6-19-11(2)9-18/h3-4,7-8,11H,5-6,9H2,1-2H3. The van der Waals surface area contributed by atoms with Gasteiger partial charge in [0.1, 0.15) is 0 Å². The number of hydrogen-bond acceptors (Lipinski definition) is 3. The first-order valence-electron chi connectivity index (χ1n) is 6.57. The van der Waals surface area contributed by atoms with E-state index in [0.29, 0.717) is 0 Å². The Labute approximate surface area is 118 Å². The summed E-state index contributed by atoms with van der Waals surface area (Å²) in [7, 11) is 0. The van der Waals surface area contributed by atoms with Gasteiger partial charge in [0.15, 0.2) is 0 Å². The highest BCUT2D eigenvalue weighted by Gasteiger charge is 2.17. The van der Waals surface area contributed by atoms with Crippen molar-refractivity contribution in [1.29, 1.82) is 0 Å². The van der Waals surface area contributed by atoms with Crippen LogP contribution in [-0.2, 0) is 4.74 Å². The average Bonchev–Trinajstić information content (AvgIpc) is 2.38. The lowest BCUT2D eigenvalue weighted by Gasteiger charge is -2.33. The number of anilines is 1. The fourth-order valence-corrected chi connectivity index (χ4v) is 2.86. The summed E-state index contributed by atoms with van der Waals surface area (Å²) < 4.78 is 5.58. The molecule has 1 saturated heterocycles. The molecule has 2 aromatic rings. The van der Waals surface area contributed by atoms with E-state index in [0.717, 1.165) is 41.3 Å². The predicted molar refractivity (Wildman–Crippen MR) is 79.1 cm³/mol. The largest absolute Gasteiger partial charge is 0.375 e. The maximum atomic E-state index is 6.32. The van der Waals surface area contributed by atoms with Gasteiger partial charge in [0.25, 0.3) is 0 Å². The number of hydrogen-bond donors (Lipinski definition) is 0. The van der Waals surface area contributed by atoms with Crippen LogP contribution in [0.15, 0.2) is 24.3 Å². The highest BCUT2D eigenvalue weighted by atomic mass is 35.5. The summed E-state index contributed by atoms with van der Waals surface area (Å²) in [5, 5.41) is 1.79. The molecule has 0 spiro atoms. The summed E-state index contributed by atoms with van der Waals surface area (Å²) in [4.78, 5) is 6.85. The van der Waals surface area contributed by atoms with Gasteiger partial charge in [-0.05, 0) is 38.1 Å². The number of aryl methyl sites for hydroxylation is 1. The third-order valence-electron chi connectivity index (χ3n) is 3.48. The Bertz CT molecular complexity index is 614. The van der Waals surface area contributed by atoms with Crippen LogP contribution in [0.4, 0.5) is 5.69 Å². The van der Waals surface area contributed by atoms with E-state index in [4.69, 9.17) is 16.3 Å². The van der Waals surface area contributed by atoms with E-state index >= 15 is 0 Å². The zero-order valence-corrected chi connectivity index (χ0v) is 11.9. The maximum Gasteiger partial charge on any atom is 0.0722 e. The first kappa shape index (κ1) is 12.7. The summed E-state index contributed by atoms with van der Waals surface area (Å²) in [6, 6.07) is 8.20. The summed E-state index contributed by atoms with van der Waals surface area (Å²) >= 11 is 6.32. The van der Waals surface area contributed by atoms with E-state index in [9.17, 15) is 0 Å². The molecule has 1 fully saturated rings. The topological polar surface area (TPSA) is 25.4 Å². The second-order valence-electron chi connectivity index (χ2n) is 5.07. The Morgan fingerprint density at radius 2 is 2.21 bits per heavy atom. The van der Waals surface area contributed by atoms with Gasteiger partial charge >= 0.3 is 0 Å². The Balaban J connectivity index is 2.01. The molecule has 3 rings (SSSR count). The second-order valence-corrected chi connectivity index (χ2v) is 5.48. The number of aromatic nitrogens is 1. The zero-order valence-electron chi connectivity index (χ0n) is 11.2. The molecule has 3 nitrogen and oxygen atoms in total. The first-order chi connectivity index (χ1) is 9.13. The van der Waals surface area contributed by atoms with Crippen LogP contribution in [0.1, 0.15) is 12.6 Å². The van der Waals surface area contributed by atoms with Crippen molar-refractivity contribution in [2.45, 2.75) is 20.0 Å². The van der Waals surface area contributed by atoms with Crippen molar-refractivity contribution in [2.75, 3.05) is 24.6 Å². The van der Waals surface area contributed by atoms with E-state index in [1.165, 1.54) is 5.69 Å². The van der Waals surface area contributed by atoms with Crippen molar-refractivity contribution in [2.24, 2.45) is 0 Å². The van der Waals surface area contributed by atoms with E-state index in [1.54, 1.807) is 0 Å². The molecule has 100 valence electrons. The van der Waals surface area contributed by atoms with Gasteiger partial charge in [-0.15, -0.1) is 0 Å². The van der Waals surface area contributed by atoms with Crippen molar-refractivity contribution in [3.63, 3.8) is 0 Å². The van der Waals surface area contributed by atoms with Crippen LogP contribution in [0.2, 0.25) is 5.02 Å². The number of halogens is 1. The second kappa shape index (κ2) is 4.99. The molecule has 0 radical (unpaired) electrons. The summed E-state index contributed by atoms with van der Waals surface area (Å²) in [6.07, 6.45) is 0.274. The van der Waals surface area contributed by atoms with Gasteiger partial charge in [-0.2, -0.15) is 0 Å². The minimum Gasteiger partial charge on any atom is -0.375 e. The Morgan fingerprint density at radius 3 is 3.00 bits per heavy atom. The van der Waals surface area contributed by atoms with Gasteiger partial charge in [0, 0.05) is 29.9 Å². The lowest BCUT2D eigenvalue weighted by atomic mass is 10.1. The van der Waals surface area contributed by atoms with E-state index in [1.807, 2.05) is 19.1 Å². The lowest BCUT2D eigenvalue weighted by molar-refractivity contribution is 0.0532. The normalized spacial score (nSPS) is 19.9. The van der Waals surface area contributed by atoms with Gasteiger partial charge in [0.05, 0.1) is 23.3 Å². The molecule has 1 aliphatic rings. The molecule has 0 amide bonds. The van der Waals surface area contributed by atoms with E-state index < -0.39 is 0 Å². The van der Waals surface area contributed by atoms with Crippen LogP contribution in [0.25, 0.3) is 10.9 Å². The number of ether oxygens (including phenoxy) is 1.